The van der Waals surface area contributed by atoms with Crippen molar-refractivity contribution in [3.63, 3.8) is 0 Å². The molecule has 0 aliphatic carbocycles. The van der Waals surface area contributed by atoms with Crippen molar-refractivity contribution in [1.82, 2.24) is 0 Å². The zero-order valence-electron chi connectivity index (χ0n) is 9.28. The van der Waals surface area contributed by atoms with Crippen LogP contribution in [0.1, 0.15) is 24.2 Å². The summed E-state index contributed by atoms with van der Waals surface area (Å²) in [6.45, 7) is 0.650. The van der Waals surface area contributed by atoms with E-state index in [9.17, 15) is 17.2 Å². The molecule has 96 valence electrons. The lowest BCUT2D eigenvalue weighted by Gasteiger charge is -2.09. The molecule has 0 heterocycles. The molecule has 0 aliphatic heterocycles. The number of rotatable bonds is 4. The number of aliphatic hydroxyl groups excluding tert-OH is 1. The molecule has 1 rings (SSSR count). The lowest BCUT2D eigenvalue weighted by atomic mass is 10.1. The third-order valence-electron chi connectivity index (χ3n) is 2.06. The molecule has 1 aromatic rings. The molecule has 0 saturated carbocycles. The van der Waals surface area contributed by atoms with Crippen molar-refractivity contribution in [2.45, 2.75) is 19.6 Å². The van der Waals surface area contributed by atoms with Crippen molar-refractivity contribution in [2.24, 2.45) is 0 Å². The number of aliphatic hydroxyl groups is 1. The van der Waals surface area contributed by atoms with Gasteiger partial charge in [0.15, 0.2) is 0 Å². The molecule has 0 amide bonds. The van der Waals surface area contributed by atoms with Gasteiger partial charge >= 0.3 is 0 Å². The minimum atomic E-state index is -3.77. The highest BCUT2D eigenvalue weighted by molar-refractivity contribution is 7.85. The van der Waals surface area contributed by atoms with E-state index in [0.29, 0.717) is 0 Å². The van der Waals surface area contributed by atoms with Gasteiger partial charge in [-0.1, -0.05) is 0 Å². The number of hydrogen-bond donors (Lipinski definition) is 1. The van der Waals surface area contributed by atoms with E-state index in [1.165, 1.54) is 6.92 Å². The fourth-order valence-corrected chi connectivity index (χ4v) is 1.50. The Labute approximate surface area is 98.0 Å². The van der Waals surface area contributed by atoms with Gasteiger partial charge < -0.3 is 5.11 Å². The Hall–Kier alpha value is -1.05. The van der Waals surface area contributed by atoms with E-state index >= 15 is 0 Å². The highest BCUT2D eigenvalue weighted by Crippen LogP contribution is 2.21. The molecule has 0 aliphatic rings. The van der Waals surface area contributed by atoms with Crippen LogP contribution in [-0.4, -0.2) is 19.8 Å². The third kappa shape index (κ3) is 4.03. The van der Waals surface area contributed by atoms with Crippen LogP contribution in [0.25, 0.3) is 0 Å². The molecule has 0 fully saturated rings. The summed E-state index contributed by atoms with van der Waals surface area (Å²) in [6, 6.07) is 1.88. The van der Waals surface area contributed by atoms with Crippen LogP contribution in [0.4, 0.5) is 8.78 Å². The summed E-state index contributed by atoms with van der Waals surface area (Å²) in [4.78, 5) is 0. The average molecular weight is 266 g/mol. The molecule has 0 radical (unpaired) electrons. The van der Waals surface area contributed by atoms with E-state index in [0.717, 1.165) is 18.4 Å². The normalized spacial score (nSPS) is 13.7. The van der Waals surface area contributed by atoms with Crippen molar-refractivity contribution >= 4 is 10.1 Å². The van der Waals surface area contributed by atoms with Crippen LogP contribution in [0.15, 0.2) is 12.1 Å². The van der Waals surface area contributed by atoms with Crippen molar-refractivity contribution in [3.8, 4) is 0 Å². The Morgan fingerprint density at radius 1 is 1.35 bits per heavy atom. The third-order valence-corrected chi connectivity index (χ3v) is 2.61. The summed E-state index contributed by atoms with van der Waals surface area (Å²) in [5.41, 5.74) is -0.414. The molecule has 0 saturated heterocycles. The first-order chi connectivity index (χ1) is 7.70. The predicted molar refractivity (Wildman–Crippen MR) is 56.6 cm³/mol. The first-order valence-electron chi connectivity index (χ1n) is 4.71. The van der Waals surface area contributed by atoms with Crippen molar-refractivity contribution in [2.75, 3.05) is 6.26 Å². The van der Waals surface area contributed by atoms with Gasteiger partial charge in [-0.15, -0.1) is 0 Å². The van der Waals surface area contributed by atoms with Gasteiger partial charge in [0.1, 0.15) is 11.6 Å². The largest absolute Gasteiger partial charge is 0.389 e. The number of benzene rings is 1. The zero-order valence-corrected chi connectivity index (χ0v) is 10.1. The van der Waals surface area contributed by atoms with Gasteiger partial charge in [-0.05, 0) is 24.6 Å². The fourth-order valence-electron chi connectivity index (χ4n) is 1.17. The lowest BCUT2D eigenvalue weighted by Crippen LogP contribution is -2.07. The second-order valence-corrected chi connectivity index (χ2v) is 5.25. The summed E-state index contributed by atoms with van der Waals surface area (Å²) >= 11 is 0. The molecule has 1 atom stereocenters. The minimum Gasteiger partial charge on any atom is -0.389 e. The van der Waals surface area contributed by atoms with E-state index in [1.807, 2.05) is 0 Å². The van der Waals surface area contributed by atoms with Gasteiger partial charge in [0.25, 0.3) is 10.1 Å². The van der Waals surface area contributed by atoms with Gasteiger partial charge in [0.2, 0.25) is 0 Å². The summed E-state index contributed by atoms with van der Waals surface area (Å²) in [6.07, 6.45) is -0.226. The summed E-state index contributed by atoms with van der Waals surface area (Å²) in [5, 5.41) is 9.16. The van der Waals surface area contributed by atoms with Gasteiger partial charge in [-0.2, -0.15) is 8.42 Å². The monoisotopic (exact) mass is 266 g/mol. The maximum atomic E-state index is 13.4. The Morgan fingerprint density at radius 2 is 1.82 bits per heavy atom. The Balaban J connectivity index is 3.02. The second-order valence-electron chi connectivity index (χ2n) is 3.61. The molecule has 17 heavy (non-hydrogen) atoms. The van der Waals surface area contributed by atoms with Crippen LogP contribution in [0.2, 0.25) is 0 Å². The Morgan fingerprint density at radius 3 is 2.18 bits per heavy atom. The lowest BCUT2D eigenvalue weighted by molar-refractivity contribution is 0.198. The zero-order chi connectivity index (χ0) is 13.2. The summed E-state index contributed by atoms with van der Waals surface area (Å²) in [7, 11) is -3.77. The molecule has 0 spiro atoms. The maximum Gasteiger partial charge on any atom is 0.264 e. The number of hydrogen-bond acceptors (Lipinski definition) is 4. The van der Waals surface area contributed by atoms with E-state index in [1.54, 1.807) is 0 Å². The standard InChI is InChI=1S/C10H12F2O4S/c1-6(13)7-3-9(11)8(10(12)4-7)5-16-17(2,14)15/h3-4,6,13H,5H2,1-2H3. The predicted octanol–water partition coefficient (Wildman–Crippen LogP) is 1.49. The topological polar surface area (TPSA) is 63.6 Å². The molecular weight excluding hydrogens is 254 g/mol. The fraction of sp³-hybridized carbons (Fsp3) is 0.400. The van der Waals surface area contributed by atoms with Crippen LogP contribution in [0.5, 0.6) is 0 Å². The van der Waals surface area contributed by atoms with Gasteiger partial charge in [-0.25, -0.2) is 8.78 Å². The molecular formula is C10H12F2O4S. The van der Waals surface area contributed by atoms with E-state index in [-0.39, 0.29) is 5.56 Å². The first kappa shape index (κ1) is 14.0. The average Bonchev–Trinajstić information content (AvgIpc) is 2.14. The van der Waals surface area contributed by atoms with Gasteiger partial charge in [-0.3, -0.25) is 4.18 Å². The number of halogens is 2. The Bertz CT molecular complexity index is 488. The van der Waals surface area contributed by atoms with E-state index < -0.39 is 40.0 Å². The first-order valence-corrected chi connectivity index (χ1v) is 6.52. The van der Waals surface area contributed by atoms with Crippen LogP contribution in [-0.2, 0) is 20.9 Å². The minimum absolute atomic E-state index is 0.0723. The molecule has 1 aromatic carbocycles. The quantitative estimate of drug-likeness (QED) is 0.839. The van der Waals surface area contributed by atoms with Crippen LogP contribution >= 0.6 is 0 Å². The smallest absolute Gasteiger partial charge is 0.264 e. The van der Waals surface area contributed by atoms with Crippen molar-refractivity contribution in [1.29, 1.82) is 0 Å². The SMILES string of the molecule is CC(O)c1cc(F)c(COS(C)(=O)=O)c(F)c1. The molecule has 1 N–H and O–H groups in total. The van der Waals surface area contributed by atoms with Gasteiger partial charge in [0.05, 0.1) is 24.5 Å². The highest BCUT2D eigenvalue weighted by Gasteiger charge is 2.15. The molecule has 0 aromatic heterocycles. The molecule has 1 unspecified atom stereocenters. The van der Waals surface area contributed by atoms with Crippen LogP contribution in [0, 0.1) is 11.6 Å². The molecule has 0 bridgehead atoms. The van der Waals surface area contributed by atoms with Crippen LogP contribution < -0.4 is 0 Å². The highest BCUT2D eigenvalue weighted by atomic mass is 32.2. The Kier molecular flexibility index (Phi) is 4.18. The second kappa shape index (κ2) is 5.07. The summed E-state index contributed by atoms with van der Waals surface area (Å²) < 4.78 is 52.5. The molecule has 4 nitrogen and oxygen atoms in total. The van der Waals surface area contributed by atoms with Crippen molar-refractivity contribution in [3.05, 3.63) is 34.9 Å². The summed E-state index contributed by atoms with van der Waals surface area (Å²) in [5.74, 6) is -1.91. The van der Waals surface area contributed by atoms with Gasteiger partial charge in [0, 0.05) is 0 Å². The van der Waals surface area contributed by atoms with Crippen LogP contribution in [0.3, 0.4) is 0 Å². The molecule has 7 heteroatoms. The van der Waals surface area contributed by atoms with E-state index in [4.69, 9.17) is 5.11 Å². The van der Waals surface area contributed by atoms with E-state index in [2.05, 4.69) is 4.18 Å². The maximum absolute atomic E-state index is 13.4. The van der Waals surface area contributed by atoms with Crippen molar-refractivity contribution < 1.29 is 26.5 Å².